The molecule has 1 heterocycles. The zero-order chi connectivity index (χ0) is 14.0. The van der Waals surface area contributed by atoms with E-state index in [1.807, 2.05) is 0 Å². The van der Waals surface area contributed by atoms with Crippen LogP contribution in [0.1, 0.15) is 40.5 Å². The minimum Gasteiger partial charge on any atom is -0.446 e. The molecule has 0 bridgehead atoms. The number of nitrogens with zero attached hydrogens (tertiary/aromatic N) is 1. The number of piperidine rings is 1. The molecule has 1 aliphatic heterocycles. The van der Waals surface area contributed by atoms with Gasteiger partial charge in [0.25, 0.3) is 0 Å². The molecule has 1 fully saturated rings. The summed E-state index contributed by atoms with van der Waals surface area (Å²) in [5.74, 6) is 2.72. The first-order valence-electron chi connectivity index (χ1n) is 6.32. The molecular weight excluding hydrogens is 228 g/mol. The highest BCUT2D eigenvalue weighted by molar-refractivity contribution is 5.66. The minimum absolute atomic E-state index is 0.0658. The lowest BCUT2D eigenvalue weighted by atomic mass is 9.78. The molecule has 1 amide bonds. The highest BCUT2D eigenvalue weighted by Gasteiger charge is 2.46. The van der Waals surface area contributed by atoms with Crippen molar-refractivity contribution in [2.24, 2.45) is 0 Å². The van der Waals surface area contributed by atoms with Crippen LogP contribution in [-0.2, 0) is 4.74 Å². The van der Waals surface area contributed by atoms with Gasteiger partial charge in [-0.3, -0.25) is 4.90 Å². The Hall–Kier alpha value is -1.21. The number of hydrogen-bond donors (Lipinski definition) is 1. The van der Waals surface area contributed by atoms with Crippen LogP contribution in [0.25, 0.3) is 0 Å². The largest absolute Gasteiger partial charge is 0.446 e. The van der Waals surface area contributed by atoms with Crippen molar-refractivity contribution in [3.05, 3.63) is 0 Å². The van der Waals surface area contributed by atoms with Crippen LogP contribution in [-0.4, -0.2) is 41.8 Å². The maximum absolute atomic E-state index is 11.3. The van der Waals surface area contributed by atoms with Crippen LogP contribution in [0.5, 0.6) is 0 Å². The first-order chi connectivity index (χ1) is 8.23. The van der Waals surface area contributed by atoms with E-state index in [0.29, 0.717) is 6.54 Å². The quantitative estimate of drug-likeness (QED) is 0.764. The smallest absolute Gasteiger partial charge is 0.407 e. The van der Waals surface area contributed by atoms with E-state index >= 15 is 0 Å². The second kappa shape index (κ2) is 5.19. The van der Waals surface area contributed by atoms with E-state index in [9.17, 15) is 4.79 Å². The number of rotatable bonds is 2. The van der Waals surface area contributed by atoms with Crippen molar-refractivity contribution in [3.8, 4) is 12.3 Å². The molecule has 0 spiro atoms. The number of amides is 1. The van der Waals surface area contributed by atoms with Crippen molar-refractivity contribution in [2.45, 2.75) is 57.7 Å². The lowest BCUT2D eigenvalue weighted by Gasteiger charge is -2.54. The average Bonchev–Trinajstić information content (AvgIpc) is 2.22. The third-order valence-electron chi connectivity index (χ3n) is 3.64. The van der Waals surface area contributed by atoms with Crippen molar-refractivity contribution in [1.82, 2.24) is 10.2 Å². The molecule has 102 valence electrons. The van der Waals surface area contributed by atoms with Crippen LogP contribution in [0, 0.1) is 12.3 Å². The zero-order valence-corrected chi connectivity index (χ0v) is 12.0. The molecule has 1 saturated heterocycles. The van der Waals surface area contributed by atoms with Crippen LogP contribution in [0.15, 0.2) is 0 Å². The Bertz CT molecular complexity index is 337. The van der Waals surface area contributed by atoms with Gasteiger partial charge in [0.1, 0.15) is 6.10 Å². The molecule has 0 aromatic rings. The Morgan fingerprint density at radius 3 is 2.28 bits per heavy atom. The molecule has 0 aromatic heterocycles. The number of carbonyl (C=O) groups excluding carboxylic acids is 1. The lowest BCUT2D eigenvalue weighted by molar-refractivity contribution is -0.0755. The Kier molecular flexibility index (Phi) is 4.28. The van der Waals surface area contributed by atoms with Gasteiger partial charge in [0, 0.05) is 31.0 Å². The zero-order valence-electron chi connectivity index (χ0n) is 12.0. The highest BCUT2D eigenvalue weighted by atomic mass is 16.6. The van der Waals surface area contributed by atoms with Gasteiger partial charge in [0.15, 0.2) is 0 Å². The van der Waals surface area contributed by atoms with Crippen molar-refractivity contribution in [1.29, 1.82) is 0 Å². The van der Waals surface area contributed by atoms with Crippen LogP contribution in [0.3, 0.4) is 0 Å². The third-order valence-corrected chi connectivity index (χ3v) is 3.64. The number of carbonyl (C=O) groups is 1. The third kappa shape index (κ3) is 3.17. The van der Waals surface area contributed by atoms with Gasteiger partial charge in [0.05, 0.1) is 6.54 Å². The SMILES string of the molecule is C#CCN1C(C)(C)CC(OC(=O)NC)CC1(C)C. The Balaban J connectivity index is 2.84. The predicted octanol–water partition coefficient (Wildman–Crippen LogP) is 2.00. The van der Waals surface area contributed by atoms with Gasteiger partial charge in [-0.15, -0.1) is 6.42 Å². The summed E-state index contributed by atoms with van der Waals surface area (Å²) in [5, 5.41) is 2.50. The van der Waals surface area contributed by atoms with Gasteiger partial charge in [-0.05, 0) is 27.7 Å². The van der Waals surface area contributed by atoms with Crippen molar-refractivity contribution in [2.75, 3.05) is 13.6 Å². The molecule has 0 unspecified atom stereocenters. The molecule has 0 aliphatic carbocycles. The fourth-order valence-electron chi connectivity index (χ4n) is 3.04. The van der Waals surface area contributed by atoms with E-state index < -0.39 is 0 Å². The van der Waals surface area contributed by atoms with Crippen LogP contribution in [0.2, 0.25) is 0 Å². The summed E-state index contributed by atoms with van der Waals surface area (Å²) >= 11 is 0. The summed E-state index contributed by atoms with van der Waals surface area (Å²) in [6, 6.07) is 0. The standard InChI is InChI=1S/C14H24N2O2/c1-7-8-16-13(2,3)9-11(10-14(16,4)5)18-12(17)15-6/h1,11H,8-10H2,2-6H3,(H,15,17). The monoisotopic (exact) mass is 252 g/mol. The summed E-state index contributed by atoms with van der Waals surface area (Å²) in [4.78, 5) is 13.6. The van der Waals surface area contributed by atoms with E-state index in [-0.39, 0.29) is 23.3 Å². The number of likely N-dealkylation sites (tertiary alicyclic amines) is 1. The molecular formula is C14H24N2O2. The summed E-state index contributed by atoms with van der Waals surface area (Å²) in [7, 11) is 1.58. The van der Waals surface area contributed by atoms with E-state index in [4.69, 9.17) is 11.2 Å². The fourth-order valence-corrected chi connectivity index (χ4v) is 3.04. The second-order valence-electron chi connectivity index (χ2n) is 6.10. The molecule has 18 heavy (non-hydrogen) atoms. The Morgan fingerprint density at radius 2 is 1.89 bits per heavy atom. The summed E-state index contributed by atoms with van der Waals surface area (Å²) in [5.41, 5.74) is -0.153. The van der Waals surface area contributed by atoms with Crippen LogP contribution >= 0.6 is 0 Å². The number of ether oxygens (including phenoxy) is 1. The van der Waals surface area contributed by atoms with E-state index in [1.165, 1.54) is 0 Å². The maximum atomic E-state index is 11.3. The van der Waals surface area contributed by atoms with Crippen LogP contribution in [0.4, 0.5) is 4.79 Å². The number of terminal acetylenes is 1. The molecule has 1 aliphatic rings. The molecule has 4 heteroatoms. The number of nitrogens with one attached hydrogen (secondary N) is 1. The van der Waals surface area contributed by atoms with Crippen molar-refractivity contribution in [3.63, 3.8) is 0 Å². The van der Waals surface area contributed by atoms with Crippen molar-refractivity contribution < 1.29 is 9.53 Å². The van der Waals surface area contributed by atoms with Gasteiger partial charge in [0.2, 0.25) is 0 Å². The molecule has 4 nitrogen and oxygen atoms in total. The first-order valence-corrected chi connectivity index (χ1v) is 6.32. The maximum Gasteiger partial charge on any atom is 0.407 e. The highest BCUT2D eigenvalue weighted by Crippen LogP contribution is 2.39. The normalized spacial score (nSPS) is 23.1. The van der Waals surface area contributed by atoms with E-state index in [2.05, 4.69) is 43.8 Å². The van der Waals surface area contributed by atoms with Gasteiger partial charge in [-0.2, -0.15) is 0 Å². The molecule has 0 saturated carbocycles. The van der Waals surface area contributed by atoms with Crippen molar-refractivity contribution >= 4 is 6.09 Å². The number of hydrogen-bond acceptors (Lipinski definition) is 3. The lowest BCUT2D eigenvalue weighted by Crippen LogP contribution is -2.62. The van der Waals surface area contributed by atoms with E-state index in [0.717, 1.165) is 12.8 Å². The Labute approximate surface area is 110 Å². The van der Waals surface area contributed by atoms with Gasteiger partial charge >= 0.3 is 6.09 Å². The molecule has 0 radical (unpaired) electrons. The predicted molar refractivity (Wildman–Crippen MR) is 72.3 cm³/mol. The van der Waals surface area contributed by atoms with Crippen LogP contribution < -0.4 is 5.32 Å². The summed E-state index contributed by atoms with van der Waals surface area (Å²) < 4.78 is 5.41. The molecule has 0 atom stereocenters. The van der Waals surface area contributed by atoms with Gasteiger partial charge in [-0.1, -0.05) is 5.92 Å². The van der Waals surface area contributed by atoms with Gasteiger partial charge < -0.3 is 10.1 Å². The average molecular weight is 252 g/mol. The molecule has 1 N–H and O–H groups in total. The molecule has 1 rings (SSSR count). The molecule has 0 aromatic carbocycles. The fraction of sp³-hybridized carbons (Fsp3) is 0.786. The minimum atomic E-state index is -0.364. The summed E-state index contributed by atoms with van der Waals surface area (Å²) in [6.07, 6.45) is 6.62. The summed E-state index contributed by atoms with van der Waals surface area (Å²) in [6.45, 7) is 9.19. The first kappa shape index (κ1) is 14.8. The second-order valence-corrected chi connectivity index (χ2v) is 6.10. The number of alkyl carbamates (subject to hydrolysis) is 1. The Morgan fingerprint density at radius 1 is 1.39 bits per heavy atom. The topological polar surface area (TPSA) is 41.6 Å². The van der Waals surface area contributed by atoms with Gasteiger partial charge in [-0.25, -0.2) is 4.79 Å². The van der Waals surface area contributed by atoms with E-state index in [1.54, 1.807) is 7.05 Å².